The number of benzene rings is 2. The van der Waals surface area contributed by atoms with Gasteiger partial charge in [-0.05, 0) is 50.6 Å². The zero-order chi connectivity index (χ0) is 22.8. The summed E-state index contributed by atoms with van der Waals surface area (Å²) < 4.78 is 31.7. The SMILES string of the molecule is Cc1ncc(-c2ccc(S(=O)(=O)C3CCCNC3)cc2)nc1-c1nnc(-c2ccccc2)o1. The minimum Gasteiger partial charge on any atom is -0.415 e. The van der Waals surface area contributed by atoms with Crippen molar-refractivity contribution in [1.29, 1.82) is 0 Å². The summed E-state index contributed by atoms with van der Waals surface area (Å²) in [5.41, 5.74) is 3.33. The van der Waals surface area contributed by atoms with Crippen LogP contribution in [0.3, 0.4) is 0 Å². The molecule has 0 aliphatic carbocycles. The van der Waals surface area contributed by atoms with Gasteiger partial charge in [-0.1, -0.05) is 30.3 Å². The fourth-order valence-electron chi connectivity index (χ4n) is 3.90. The third-order valence-electron chi connectivity index (χ3n) is 5.77. The molecule has 1 aliphatic heterocycles. The summed E-state index contributed by atoms with van der Waals surface area (Å²) in [7, 11) is -3.37. The minimum absolute atomic E-state index is 0.282. The lowest BCUT2D eigenvalue weighted by atomic mass is 10.1. The zero-order valence-electron chi connectivity index (χ0n) is 18.1. The summed E-state index contributed by atoms with van der Waals surface area (Å²) in [6.07, 6.45) is 3.20. The summed E-state index contributed by atoms with van der Waals surface area (Å²) in [5.74, 6) is 0.689. The highest BCUT2D eigenvalue weighted by Crippen LogP contribution is 2.28. The van der Waals surface area contributed by atoms with Crippen molar-refractivity contribution in [2.24, 2.45) is 0 Å². The lowest BCUT2D eigenvalue weighted by Crippen LogP contribution is -2.38. The fourth-order valence-corrected chi connectivity index (χ4v) is 5.61. The molecular weight excluding hydrogens is 438 g/mol. The van der Waals surface area contributed by atoms with Crippen molar-refractivity contribution in [2.75, 3.05) is 13.1 Å². The topological polar surface area (TPSA) is 111 Å². The Bertz CT molecular complexity index is 1360. The third-order valence-corrected chi connectivity index (χ3v) is 7.98. The van der Waals surface area contributed by atoms with Crippen LogP contribution in [-0.4, -0.2) is 46.9 Å². The molecule has 168 valence electrons. The molecule has 0 radical (unpaired) electrons. The molecule has 0 amide bonds. The van der Waals surface area contributed by atoms with E-state index in [1.165, 1.54) is 0 Å². The van der Waals surface area contributed by atoms with Crippen molar-refractivity contribution in [2.45, 2.75) is 29.9 Å². The molecule has 1 fully saturated rings. The van der Waals surface area contributed by atoms with Crippen molar-refractivity contribution < 1.29 is 12.8 Å². The van der Waals surface area contributed by atoms with Crippen LogP contribution in [0.15, 0.2) is 70.1 Å². The molecule has 0 saturated carbocycles. The predicted molar refractivity (Wildman–Crippen MR) is 124 cm³/mol. The van der Waals surface area contributed by atoms with Crippen molar-refractivity contribution in [3.8, 4) is 34.3 Å². The van der Waals surface area contributed by atoms with E-state index in [0.29, 0.717) is 40.8 Å². The quantitative estimate of drug-likeness (QED) is 0.479. The van der Waals surface area contributed by atoms with E-state index < -0.39 is 9.84 Å². The molecule has 3 heterocycles. The molecule has 0 spiro atoms. The number of nitrogens with one attached hydrogen (secondary N) is 1. The maximum absolute atomic E-state index is 12.9. The molecule has 1 atom stereocenters. The number of hydrogen-bond donors (Lipinski definition) is 1. The molecule has 1 saturated heterocycles. The van der Waals surface area contributed by atoms with Crippen LogP contribution in [0.4, 0.5) is 0 Å². The highest BCUT2D eigenvalue weighted by molar-refractivity contribution is 7.92. The summed E-state index contributed by atoms with van der Waals surface area (Å²) in [6, 6.07) is 16.3. The zero-order valence-corrected chi connectivity index (χ0v) is 18.9. The standard InChI is InChI=1S/C24H23N5O3S/c1-16-22(24-29-28-23(32-24)18-6-3-2-4-7-18)27-21(15-26-16)17-9-11-19(12-10-17)33(30,31)20-8-5-13-25-14-20/h2-4,6-7,9-12,15,20,25H,5,8,13-14H2,1H3. The van der Waals surface area contributed by atoms with E-state index in [2.05, 4.69) is 25.5 Å². The molecule has 0 bridgehead atoms. The van der Waals surface area contributed by atoms with E-state index in [9.17, 15) is 8.42 Å². The molecule has 8 nitrogen and oxygen atoms in total. The van der Waals surface area contributed by atoms with Crippen LogP contribution in [0.1, 0.15) is 18.5 Å². The predicted octanol–water partition coefficient (Wildman–Crippen LogP) is 3.69. The van der Waals surface area contributed by atoms with Gasteiger partial charge in [0.2, 0.25) is 5.89 Å². The van der Waals surface area contributed by atoms with Crippen LogP contribution >= 0.6 is 0 Å². The van der Waals surface area contributed by atoms with Gasteiger partial charge in [-0.2, -0.15) is 0 Å². The minimum atomic E-state index is -3.37. The van der Waals surface area contributed by atoms with E-state index in [-0.39, 0.29) is 11.1 Å². The normalized spacial score (nSPS) is 16.6. The van der Waals surface area contributed by atoms with Crippen LogP contribution in [0, 0.1) is 6.92 Å². The molecule has 1 N–H and O–H groups in total. The average molecular weight is 462 g/mol. The van der Waals surface area contributed by atoms with E-state index in [0.717, 1.165) is 24.1 Å². The molecule has 1 aliphatic rings. The largest absolute Gasteiger partial charge is 0.415 e. The van der Waals surface area contributed by atoms with Gasteiger partial charge in [0.15, 0.2) is 9.84 Å². The smallest absolute Gasteiger partial charge is 0.268 e. The molecule has 9 heteroatoms. The van der Waals surface area contributed by atoms with Gasteiger partial charge in [0.1, 0.15) is 5.69 Å². The monoisotopic (exact) mass is 461 g/mol. The first-order chi connectivity index (χ1) is 16.0. The fraction of sp³-hybridized carbons (Fsp3) is 0.250. The van der Waals surface area contributed by atoms with Gasteiger partial charge in [-0.3, -0.25) is 4.98 Å². The Morgan fingerprint density at radius 3 is 2.45 bits per heavy atom. The highest BCUT2D eigenvalue weighted by atomic mass is 32.2. The second-order valence-corrected chi connectivity index (χ2v) is 10.2. The lowest BCUT2D eigenvalue weighted by Gasteiger charge is -2.22. The Kier molecular flexibility index (Phi) is 5.74. The first-order valence-corrected chi connectivity index (χ1v) is 12.3. The van der Waals surface area contributed by atoms with E-state index in [1.54, 1.807) is 30.5 Å². The highest BCUT2D eigenvalue weighted by Gasteiger charge is 2.28. The Balaban J connectivity index is 1.43. The van der Waals surface area contributed by atoms with Gasteiger partial charge in [-0.15, -0.1) is 10.2 Å². The summed E-state index contributed by atoms with van der Waals surface area (Å²) in [6.45, 7) is 3.19. The van der Waals surface area contributed by atoms with Crippen LogP contribution in [0.5, 0.6) is 0 Å². The second-order valence-electron chi connectivity index (χ2n) is 8.01. The number of rotatable bonds is 5. The van der Waals surface area contributed by atoms with Crippen molar-refractivity contribution in [3.63, 3.8) is 0 Å². The lowest BCUT2D eigenvalue weighted by molar-refractivity contribution is 0.497. The number of nitrogens with zero attached hydrogens (tertiary/aromatic N) is 4. The Morgan fingerprint density at radius 1 is 0.970 bits per heavy atom. The maximum atomic E-state index is 12.9. The van der Waals surface area contributed by atoms with Crippen molar-refractivity contribution in [3.05, 3.63) is 66.5 Å². The van der Waals surface area contributed by atoms with Gasteiger partial charge in [-0.25, -0.2) is 13.4 Å². The van der Waals surface area contributed by atoms with E-state index in [1.807, 2.05) is 37.3 Å². The summed E-state index contributed by atoms with van der Waals surface area (Å²) in [5, 5.41) is 11.1. The van der Waals surface area contributed by atoms with Crippen molar-refractivity contribution >= 4 is 9.84 Å². The second kappa shape index (κ2) is 8.84. The van der Waals surface area contributed by atoms with Gasteiger partial charge >= 0.3 is 0 Å². The molecule has 4 aromatic rings. The maximum Gasteiger partial charge on any atom is 0.268 e. The Morgan fingerprint density at radius 2 is 1.73 bits per heavy atom. The van der Waals surface area contributed by atoms with Gasteiger partial charge in [0, 0.05) is 17.7 Å². The van der Waals surface area contributed by atoms with Crippen LogP contribution in [0.25, 0.3) is 34.3 Å². The average Bonchev–Trinajstić information content (AvgIpc) is 3.36. The first-order valence-electron chi connectivity index (χ1n) is 10.8. The molecule has 1 unspecified atom stereocenters. The molecule has 2 aromatic heterocycles. The van der Waals surface area contributed by atoms with Crippen LogP contribution in [-0.2, 0) is 9.84 Å². The van der Waals surface area contributed by atoms with Gasteiger partial charge in [0.25, 0.3) is 5.89 Å². The molecule has 2 aromatic carbocycles. The van der Waals surface area contributed by atoms with E-state index in [4.69, 9.17) is 4.42 Å². The number of sulfone groups is 1. The number of piperidine rings is 1. The third kappa shape index (κ3) is 4.29. The summed E-state index contributed by atoms with van der Waals surface area (Å²) >= 11 is 0. The van der Waals surface area contributed by atoms with Gasteiger partial charge in [0.05, 0.1) is 27.7 Å². The van der Waals surface area contributed by atoms with E-state index >= 15 is 0 Å². The summed E-state index contributed by atoms with van der Waals surface area (Å²) in [4.78, 5) is 9.45. The first kappa shape index (κ1) is 21.4. The number of aromatic nitrogens is 4. The molecule has 5 rings (SSSR count). The molecule has 33 heavy (non-hydrogen) atoms. The van der Waals surface area contributed by atoms with Crippen molar-refractivity contribution in [1.82, 2.24) is 25.5 Å². The van der Waals surface area contributed by atoms with Crippen LogP contribution in [0.2, 0.25) is 0 Å². The van der Waals surface area contributed by atoms with Gasteiger partial charge < -0.3 is 9.73 Å². The number of aryl methyl sites for hydroxylation is 1. The number of hydrogen-bond acceptors (Lipinski definition) is 8. The van der Waals surface area contributed by atoms with Crippen LogP contribution < -0.4 is 5.32 Å². The molecular formula is C24H23N5O3S. The Hall–Kier alpha value is -3.43. The Labute approximate surface area is 192 Å².